The fourth-order valence-corrected chi connectivity index (χ4v) is 2.04. The van der Waals surface area contributed by atoms with Gasteiger partial charge in [0.15, 0.2) is 0 Å². The molecule has 1 aliphatic rings. The van der Waals surface area contributed by atoms with Crippen LogP contribution in [0, 0.1) is 0 Å². The molecule has 1 atom stereocenters. The molecule has 5 heteroatoms. The van der Waals surface area contributed by atoms with Crippen molar-refractivity contribution in [3.8, 4) is 5.75 Å². The molecule has 0 N–H and O–H groups in total. The van der Waals surface area contributed by atoms with Crippen LogP contribution in [0.1, 0.15) is 13.8 Å². The predicted octanol–water partition coefficient (Wildman–Crippen LogP) is 1.88. The number of ether oxygens (including phenoxy) is 2. The maximum absolute atomic E-state index is 12.1. The number of rotatable bonds is 4. The molecule has 1 aromatic rings. The van der Waals surface area contributed by atoms with Gasteiger partial charge in [0.1, 0.15) is 5.75 Å². The molecule has 1 fully saturated rings. The van der Waals surface area contributed by atoms with Gasteiger partial charge in [-0.2, -0.15) is 0 Å². The Morgan fingerprint density at radius 3 is 2.37 bits per heavy atom. The number of carbonyl (C=O) groups excluding carboxylic acids is 2. The van der Waals surface area contributed by atoms with E-state index in [2.05, 4.69) is 0 Å². The average molecular weight is 261 g/mol. The number of benzene rings is 1. The van der Waals surface area contributed by atoms with Crippen LogP contribution in [0.3, 0.4) is 0 Å². The second-order valence-electron chi connectivity index (χ2n) is 4.37. The van der Waals surface area contributed by atoms with Crippen LogP contribution in [-0.4, -0.2) is 25.7 Å². The minimum atomic E-state index is -0.636. The van der Waals surface area contributed by atoms with E-state index in [1.54, 1.807) is 31.4 Å². The van der Waals surface area contributed by atoms with E-state index in [4.69, 9.17) is 9.47 Å². The molecular weight excluding hydrogens is 246 g/mol. The highest BCUT2D eigenvalue weighted by molar-refractivity contribution is 6.15. The van der Waals surface area contributed by atoms with Crippen molar-refractivity contribution >= 4 is 18.1 Å². The molecule has 1 aromatic carbocycles. The third-order valence-electron chi connectivity index (χ3n) is 3.00. The first-order valence-electron chi connectivity index (χ1n) is 5.84. The lowest BCUT2D eigenvalue weighted by Gasteiger charge is -2.41. The summed E-state index contributed by atoms with van der Waals surface area (Å²) >= 11 is 0. The summed E-state index contributed by atoms with van der Waals surface area (Å²) in [5, 5.41) is 0. The fourth-order valence-electron chi connectivity index (χ4n) is 2.04. The van der Waals surface area contributed by atoms with Gasteiger partial charge in [-0.3, -0.25) is 14.5 Å². The van der Waals surface area contributed by atoms with Gasteiger partial charge in [-0.25, -0.2) is 0 Å². The summed E-state index contributed by atoms with van der Waals surface area (Å²) in [5.41, 5.74) is 2.05. The molecule has 0 saturated carbocycles. The van der Waals surface area contributed by atoms with Gasteiger partial charge in [-0.15, -0.1) is 0 Å². The number of allylic oxidation sites excluding steroid dienone is 1. The zero-order valence-electron chi connectivity index (χ0n) is 11.0. The predicted molar refractivity (Wildman–Crippen MR) is 69.8 cm³/mol. The standard InChI is InChI=1S/C14H15NO4/c1-9(2)12-13(17)15(14(12)19-8-16)10-4-6-11(18-3)7-5-10/h4-8,14H,1-3H3/t14-/m1/s1. The molecule has 0 aromatic heterocycles. The number of hydrogen-bond donors (Lipinski definition) is 0. The van der Waals surface area contributed by atoms with Gasteiger partial charge in [0.25, 0.3) is 12.4 Å². The Morgan fingerprint density at radius 1 is 1.26 bits per heavy atom. The van der Waals surface area contributed by atoms with E-state index in [1.807, 2.05) is 13.8 Å². The maximum atomic E-state index is 12.1. The van der Waals surface area contributed by atoms with Crippen LogP contribution in [-0.2, 0) is 14.3 Å². The fraction of sp³-hybridized carbons (Fsp3) is 0.286. The van der Waals surface area contributed by atoms with Gasteiger partial charge in [0.2, 0.25) is 6.23 Å². The van der Waals surface area contributed by atoms with E-state index < -0.39 is 6.23 Å². The molecule has 0 aliphatic carbocycles. The van der Waals surface area contributed by atoms with E-state index in [9.17, 15) is 9.59 Å². The first-order valence-corrected chi connectivity index (χ1v) is 5.84. The summed E-state index contributed by atoms with van der Waals surface area (Å²) in [6.45, 7) is 4.00. The first kappa shape index (κ1) is 13.1. The third-order valence-corrected chi connectivity index (χ3v) is 3.00. The lowest BCUT2D eigenvalue weighted by atomic mass is 9.97. The van der Waals surface area contributed by atoms with Gasteiger partial charge in [0, 0.05) is 5.69 Å². The summed E-state index contributed by atoms with van der Waals surface area (Å²) < 4.78 is 10.0. The molecule has 0 unspecified atom stereocenters. The second-order valence-corrected chi connectivity index (χ2v) is 4.37. The summed E-state index contributed by atoms with van der Waals surface area (Å²) in [6, 6.07) is 7.00. The van der Waals surface area contributed by atoms with Crippen molar-refractivity contribution in [3.63, 3.8) is 0 Å². The van der Waals surface area contributed by atoms with Crippen molar-refractivity contribution in [1.82, 2.24) is 0 Å². The van der Waals surface area contributed by atoms with Gasteiger partial charge >= 0.3 is 0 Å². The van der Waals surface area contributed by atoms with Crippen LogP contribution in [0.15, 0.2) is 35.4 Å². The van der Waals surface area contributed by atoms with Gasteiger partial charge in [-0.1, -0.05) is 5.57 Å². The van der Waals surface area contributed by atoms with Gasteiger partial charge in [-0.05, 0) is 38.1 Å². The van der Waals surface area contributed by atoms with Crippen molar-refractivity contribution < 1.29 is 19.1 Å². The number of hydrogen-bond acceptors (Lipinski definition) is 4. The average Bonchev–Trinajstić information content (AvgIpc) is 2.39. The molecule has 2 rings (SSSR count). The summed E-state index contributed by atoms with van der Waals surface area (Å²) in [5.74, 6) is 0.559. The lowest BCUT2D eigenvalue weighted by molar-refractivity contribution is -0.138. The summed E-state index contributed by atoms with van der Waals surface area (Å²) in [4.78, 5) is 24.1. The minimum absolute atomic E-state index is 0.142. The highest BCUT2D eigenvalue weighted by Crippen LogP contribution is 2.35. The molecule has 1 heterocycles. The Morgan fingerprint density at radius 2 is 1.89 bits per heavy atom. The van der Waals surface area contributed by atoms with E-state index >= 15 is 0 Å². The normalized spacial score (nSPS) is 17.8. The monoisotopic (exact) mass is 261 g/mol. The quantitative estimate of drug-likeness (QED) is 0.472. The number of methoxy groups -OCH3 is 1. The van der Waals surface area contributed by atoms with Crippen LogP contribution < -0.4 is 9.64 Å². The highest BCUT2D eigenvalue weighted by Gasteiger charge is 2.45. The van der Waals surface area contributed by atoms with Gasteiger partial charge < -0.3 is 9.47 Å². The maximum Gasteiger partial charge on any atom is 0.295 e. The van der Waals surface area contributed by atoms with Crippen molar-refractivity contribution in [1.29, 1.82) is 0 Å². The Hall–Kier alpha value is -2.30. The molecule has 0 bridgehead atoms. The Labute approximate surface area is 111 Å². The molecular formula is C14H15NO4. The molecule has 1 saturated heterocycles. The number of carbonyl (C=O) groups is 2. The van der Waals surface area contributed by atoms with E-state index in [-0.39, 0.29) is 5.91 Å². The van der Waals surface area contributed by atoms with E-state index in [1.165, 1.54) is 4.90 Å². The third kappa shape index (κ3) is 2.19. The minimum Gasteiger partial charge on any atom is -0.497 e. The van der Waals surface area contributed by atoms with Crippen molar-refractivity contribution in [2.45, 2.75) is 20.1 Å². The van der Waals surface area contributed by atoms with E-state index in [0.717, 1.165) is 5.57 Å². The number of anilines is 1. The van der Waals surface area contributed by atoms with Gasteiger partial charge in [0.05, 0.1) is 12.7 Å². The number of amides is 1. The Balaban J connectivity index is 2.30. The second kappa shape index (κ2) is 5.14. The summed E-state index contributed by atoms with van der Waals surface area (Å²) in [7, 11) is 1.57. The molecule has 5 nitrogen and oxygen atoms in total. The van der Waals surface area contributed by atoms with Crippen molar-refractivity contribution in [2.24, 2.45) is 0 Å². The van der Waals surface area contributed by atoms with E-state index in [0.29, 0.717) is 23.5 Å². The Kier molecular flexibility index (Phi) is 3.55. The van der Waals surface area contributed by atoms with Crippen LogP contribution in [0.2, 0.25) is 0 Å². The molecule has 0 spiro atoms. The molecule has 0 radical (unpaired) electrons. The topological polar surface area (TPSA) is 55.8 Å². The first-order chi connectivity index (χ1) is 9.10. The molecule has 1 aliphatic heterocycles. The Bertz CT molecular complexity index is 529. The van der Waals surface area contributed by atoms with Crippen LogP contribution in [0.4, 0.5) is 5.69 Å². The van der Waals surface area contributed by atoms with Crippen molar-refractivity contribution in [2.75, 3.05) is 12.0 Å². The molecule has 100 valence electrons. The SMILES string of the molecule is COc1ccc(N2C(=O)C(=C(C)C)[C@H]2OC=O)cc1. The molecule has 1 amide bonds. The highest BCUT2D eigenvalue weighted by atomic mass is 16.5. The van der Waals surface area contributed by atoms with Crippen LogP contribution >= 0.6 is 0 Å². The number of nitrogens with zero attached hydrogens (tertiary/aromatic N) is 1. The molecule has 19 heavy (non-hydrogen) atoms. The lowest BCUT2D eigenvalue weighted by Crippen LogP contribution is -2.57. The largest absolute Gasteiger partial charge is 0.497 e. The van der Waals surface area contributed by atoms with Crippen LogP contribution in [0.25, 0.3) is 0 Å². The van der Waals surface area contributed by atoms with Crippen molar-refractivity contribution in [3.05, 3.63) is 35.4 Å². The zero-order chi connectivity index (χ0) is 14.0. The van der Waals surface area contributed by atoms with Crippen LogP contribution in [0.5, 0.6) is 5.75 Å². The smallest absolute Gasteiger partial charge is 0.295 e. The zero-order valence-corrected chi connectivity index (χ0v) is 11.0. The number of β-lactam (4-membered cyclic amide) rings is 1. The summed E-state index contributed by atoms with van der Waals surface area (Å²) in [6.07, 6.45) is -0.636.